The van der Waals surface area contributed by atoms with Gasteiger partial charge in [-0.2, -0.15) is 0 Å². The van der Waals surface area contributed by atoms with Crippen LogP contribution < -0.4 is 0 Å². The molecule has 3 N–H and O–H groups in total. The van der Waals surface area contributed by atoms with E-state index >= 15 is 0 Å². The molecule has 3 aromatic heterocycles. The van der Waals surface area contributed by atoms with Gasteiger partial charge in [0.15, 0.2) is 36.3 Å². The number of imidazole rings is 3. The zero-order valence-electron chi connectivity index (χ0n) is 29.7. The van der Waals surface area contributed by atoms with Gasteiger partial charge in [0.2, 0.25) is 0 Å². The number of benzene rings is 3. The van der Waals surface area contributed by atoms with E-state index in [9.17, 15) is 29.7 Å². The molecule has 0 amide bonds. The molecule has 0 saturated carbocycles. The van der Waals surface area contributed by atoms with E-state index in [4.69, 9.17) is 0 Å². The van der Waals surface area contributed by atoms with Crippen LogP contribution >= 0.6 is 0 Å². The van der Waals surface area contributed by atoms with Gasteiger partial charge in [0.05, 0.1) is 41.4 Å². The van der Waals surface area contributed by atoms with Gasteiger partial charge in [0.25, 0.3) is 0 Å². The molecule has 2 atom stereocenters. The van der Waals surface area contributed by atoms with Crippen molar-refractivity contribution >= 4 is 18.9 Å². The van der Waals surface area contributed by atoms with Gasteiger partial charge >= 0.3 is 0 Å². The lowest BCUT2D eigenvalue weighted by Crippen LogP contribution is -2.26. The largest absolute Gasteiger partial charge is 0.392 e. The molecule has 3 heterocycles. The Hall–Kier alpha value is -5.82. The van der Waals surface area contributed by atoms with E-state index in [0.717, 1.165) is 33.8 Å². The summed E-state index contributed by atoms with van der Waals surface area (Å²) in [5.74, 6) is 1.01. The van der Waals surface area contributed by atoms with Gasteiger partial charge in [-0.05, 0) is 27.7 Å². The number of aliphatic hydroxyl groups excluding tert-OH is 2. The van der Waals surface area contributed by atoms with Gasteiger partial charge in [-0.1, -0.05) is 91.0 Å². The first-order chi connectivity index (χ1) is 24.9. The van der Waals surface area contributed by atoms with E-state index in [2.05, 4.69) is 15.0 Å². The van der Waals surface area contributed by atoms with Crippen molar-refractivity contribution in [2.75, 3.05) is 0 Å². The summed E-state index contributed by atoms with van der Waals surface area (Å²) < 4.78 is 5.01. The van der Waals surface area contributed by atoms with E-state index in [0.29, 0.717) is 56.0 Å². The summed E-state index contributed by atoms with van der Waals surface area (Å²) >= 11 is 0. The Morgan fingerprint density at radius 3 is 1.12 bits per heavy atom. The zero-order valence-corrected chi connectivity index (χ0v) is 29.7. The maximum Gasteiger partial charge on any atom is 0.185 e. The van der Waals surface area contributed by atoms with E-state index in [1.165, 1.54) is 0 Å². The van der Waals surface area contributed by atoms with Crippen molar-refractivity contribution in [1.29, 1.82) is 0 Å². The summed E-state index contributed by atoms with van der Waals surface area (Å²) in [5.41, 5.74) is 4.21. The molecular formula is C40H44N6O6. The molecule has 0 aliphatic rings. The smallest absolute Gasteiger partial charge is 0.185 e. The van der Waals surface area contributed by atoms with Crippen LogP contribution in [0.1, 0.15) is 59.6 Å². The first-order valence-corrected chi connectivity index (χ1v) is 16.7. The minimum absolute atomic E-state index is 0.330. The number of carbonyl (C=O) groups is 3. The Balaban J connectivity index is 0.000000175. The minimum atomic E-state index is -0.883. The van der Waals surface area contributed by atoms with Gasteiger partial charge in [-0.3, -0.25) is 14.4 Å². The first-order valence-electron chi connectivity index (χ1n) is 16.7. The summed E-state index contributed by atoms with van der Waals surface area (Å²) in [6.07, 6.45) is 6.45. The van der Waals surface area contributed by atoms with Gasteiger partial charge in [-0.15, -0.1) is 0 Å². The third kappa shape index (κ3) is 11.4. The summed E-state index contributed by atoms with van der Waals surface area (Å²) in [7, 11) is 0. The summed E-state index contributed by atoms with van der Waals surface area (Å²) in [6.45, 7) is 7.82. The normalized spacial score (nSPS) is 12.1. The maximum atomic E-state index is 11.0. The third-order valence-corrected chi connectivity index (χ3v) is 7.43. The number of hydrogen-bond acceptors (Lipinski definition) is 9. The molecule has 0 saturated heterocycles. The zero-order chi connectivity index (χ0) is 37.7. The van der Waals surface area contributed by atoms with Crippen molar-refractivity contribution < 1.29 is 29.7 Å². The number of hydrogen-bond donors (Lipinski definition) is 3. The van der Waals surface area contributed by atoms with Gasteiger partial charge < -0.3 is 29.0 Å². The highest BCUT2D eigenvalue weighted by molar-refractivity contribution is 5.74. The molecule has 0 fully saturated rings. The van der Waals surface area contributed by atoms with Crippen LogP contribution in [0.5, 0.6) is 0 Å². The molecule has 0 aliphatic carbocycles. The van der Waals surface area contributed by atoms with Crippen LogP contribution in [-0.4, -0.2) is 80.6 Å². The highest BCUT2D eigenvalue weighted by atomic mass is 16.3. The predicted octanol–water partition coefficient (Wildman–Crippen LogP) is 5.62. The lowest BCUT2D eigenvalue weighted by molar-refractivity contribution is 0.0607. The Labute approximate surface area is 302 Å². The number of aromatic nitrogens is 6. The third-order valence-electron chi connectivity index (χ3n) is 7.43. The molecule has 12 nitrogen and oxygen atoms in total. The van der Waals surface area contributed by atoms with Gasteiger partial charge in [0.1, 0.15) is 0 Å². The Morgan fingerprint density at radius 1 is 0.558 bits per heavy atom. The second-order valence-corrected chi connectivity index (χ2v) is 12.8. The van der Waals surface area contributed by atoms with Gasteiger partial charge in [-0.25, -0.2) is 15.0 Å². The summed E-state index contributed by atoms with van der Waals surface area (Å²) in [5, 5.41) is 28.5. The predicted molar refractivity (Wildman–Crippen MR) is 199 cm³/mol. The first kappa shape index (κ1) is 39.0. The Kier molecular flexibility index (Phi) is 13.8. The van der Waals surface area contributed by atoms with Crippen LogP contribution in [0.3, 0.4) is 0 Å². The highest BCUT2D eigenvalue weighted by Crippen LogP contribution is 2.21. The number of rotatable bonds is 12. The topological polar surface area (TPSA) is 165 Å². The van der Waals surface area contributed by atoms with Crippen molar-refractivity contribution in [3.8, 4) is 33.8 Å². The van der Waals surface area contributed by atoms with E-state index < -0.39 is 17.8 Å². The summed E-state index contributed by atoms with van der Waals surface area (Å²) in [6, 6.07) is 28.9. The van der Waals surface area contributed by atoms with Crippen LogP contribution in [-0.2, 0) is 19.6 Å². The van der Waals surface area contributed by atoms with Gasteiger partial charge in [0, 0.05) is 48.4 Å². The van der Waals surface area contributed by atoms with Crippen molar-refractivity contribution in [1.82, 2.24) is 28.7 Å². The highest BCUT2D eigenvalue weighted by Gasteiger charge is 2.17. The van der Waals surface area contributed by atoms with Crippen molar-refractivity contribution in [2.45, 2.75) is 65.1 Å². The molecule has 0 radical (unpaired) electrons. The lowest BCUT2D eigenvalue weighted by Gasteiger charge is -2.17. The van der Waals surface area contributed by atoms with E-state index in [1.54, 1.807) is 60.0 Å². The molecule has 0 aliphatic heterocycles. The average molecular weight is 705 g/mol. The van der Waals surface area contributed by atoms with E-state index in [-0.39, 0.29) is 0 Å². The fourth-order valence-electron chi connectivity index (χ4n) is 5.22. The van der Waals surface area contributed by atoms with Crippen LogP contribution in [0, 0.1) is 0 Å². The SMILES string of the molecule is CC(C)(O)Cn1cc(-c2ccccc2)nc1C=O.C[C@@H](O)Cn1cc(-c2ccccc2)nc1C=O.C[C@H](O)Cn1cc(-c2ccccc2)nc1C=O. The fourth-order valence-corrected chi connectivity index (χ4v) is 5.22. The van der Waals surface area contributed by atoms with Crippen LogP contribution in [0.4, 0.5) is 0 Å². The van der Waals surface area contributed by atoms with E-state index in [1.807, 2.05) is 91.0 Å². The molecule has 3 aromatic carbocycles. The molecule has 6 aromatic rings. The number of aldehydes is 3. The maximum absolute atomic E-state index is 11.0. The van der Waals surface area contributed by atoms with Crippen molar-refractivity contribution in [3.63, 3.8) is 0 Å². The number of aliphatic hydroxyl groups is 3. The standard InChI is InChI=1S/C14H16N2O2.2C13H14N2O2/c1-14(2,18)10-16-8-12(15-13(16)9-17)11-6-4-3-5-7-11;2*1-10(17)7-15-8-12(14-13(15)9-16)11-5-3-2-4-6-11/h3-9,18H,10H2,1-2H3;2*2-6,8-10,17H,7H2,1H3/t;2*10-/m.10/s1. The molecule has 0 spiro atoms. The second-order valence-electron chi connectivity index (χ2n) is 12.8. The van der Waals surface area contributed by atoms with Crippen molar-refractivity contribution in [3.05, 3.63) is 127 Å². The fraction of sp³-hybridized carbons (Fsp3) is 0.250. The summed E-state index contributed by atoms with van der Waals surface area (Å²) in [4.78, 5) is 45.5. The molecule has 52 heavy (non-hydrogen) atoms. The van der Waals surface area contributed by atoms with Crippen LogP contribution in [0.2, 0.25) is 0 Å². The Bertz CT molecular complexity index is 1910. The quantitative estimate of drug-likeness (QED) is 0.137. The molecule has 0 bridgehead atoms. The molecule has 12 heteroatoms. The second kappa shape index (κ2) is 18.4. The minimum Gasteiger partial charge on any atom is -0.392 e. The molecule has 270 valence electrons. The molecular weight excluding hydrogens is 660 g/mol. The van der Waals surface area contributed by atoms with Crippen LogP contribution in [0.25, 0.3) is 33.8 Å². The van der Waals surface area contributed by atoms with Crippen LogP contribution in [0.15, 0.2) is 110 Å². The van der Waals surface area contributed by atoms with Crippen molar-refractivity contribution in [2.24, 2.45) is 0 Å². The number of carbonyl (C=O) groups excluding carboxylic acids is 3. The molecule has 6 rings (SSSR count). The average Bonchev–Trinajstić information content (AvgIpc) is 3.85. The monoisotopic (exact) mass is 704 g/mol. The lowest BCUT2D eigenvalue weighted by atomic mass is 10.1. The Morgan fingerprint density at radius 2 is 0.846 bits per heavy atom. The number of nitrogens with zero attached hydrogens (tertiary/aromatic N) is 6. The molecule has 0 unspecified atom stereocenters.